The van der Waals surface area contributed by atoms with Gasteiger partial charge >= 0.3 is 0 Å². The number of amides is 1. The number of carbonyl (C=O) groups excluding carboxylic acids is 1. The second-order valence-electron chi connectivity index (χ2n) is 8.13. The van der Waals surface area contributed by atoms with E-state index < -0.39 is 0 Å². The quantitative estimate of drug-likeness (QED) is 0.453. The standard InChI is InChI=1S/C24H26N8O2/c1-17-26-22(16-23(27-17)32-9-5-8-25-32)30-10-12-31(13-11-30)24(33)21-15-20(28-29(21)2)18-6-4-7-19(14-18)34-3/h4-9,14-16H,10-13H2,1-3H3. The Hall–Kier alpha value is -4.21. The Kier molecular flexibility index (Phi) is 5.70. The number of rotatable bonds is 5. The van der Waals surface area contributed by atoms with Gasteiger partial charge in [0.25, 0.3) is 5.91 Å². The third-order valence-electron chi connectivity index (χ3n) is 5.91. The van der Waals surface area contributed by atoms with Crippen LogP contribution in [0.3, 0.4) is 0 Å². The average molecular weight is 459 g/mol. The number of aromatic nitrogens is 6. The molecule has 0 unspecified atom stereocenters. The molecule has 0 spiro atoms. The van der Waals surface area contributed by atoms with E-state index in [0.29, 0.717) is 37.7 Å². The van der Waals surface area contributed by atoms with Gasteiger partial charge in [-0.15, -0.1) is 0 Å². The van der Waals surface area contributed by atoms with Crippen molar-refractivity contribution in [2.45, 2.75) is 6.92 Å². The number of aryl methyl sites for hydroxylation is 2. The summed E-state index contributed by atoms with van der Waals surface area (Å²) < 4.78 is 8.68. The first-order chi connectivity index (χ1) is 16.5. The number of anilines is 1. The number of carbonyl (C=O) groups is 1. The largest absolute Gasteiger partial charge is 0.497 e. The van der Waals surface area contributed by atoms with Crippen LogP contribution >= 0.6 is 0 Å². The highest BCUT2D eigenvalue weighted by atomic mass is 16.5. The van der Waals surface area contributed by atoms with Crippen LogP contribution in [0.4, 0.5) is 5.82 Å². The molecular weight excluding hydrogens is 432 g/mol. The first-order valence-electron chi connectivity index (χ1n) is 11.1. The first-order valence-corrected chi connectivity index (χ1v) is 11.1. The van der Waals surface area contributed by atoms with E-state index in [-0.39, 0.29) is 5.91 Å². The minimum Gasteiger partial charge on any atom is -0.497 e. The molecule has 1 fully saturated rings. The number of methoxy groups -OCH3 is 1. The predicted molar refractivity (Wildman–Crippen MR) is 127 cm³/mol. The fourth-order valence-corrected chi connectivity index (χ4v) is 4.11. The van der Waals surface area contributed by atoms with Crippen molar-refractivity contribution in [1.29, 1.82) is 0 Å². The van der Waals surface area contributed by atoms with Crippen molar-refractivity contribution in [3.05, 3.63) is 66.4 Å². The van der Waals surface area contributed by atoms with Crippen LogP contribution < -0.4 is 9.64 Å². The lowest BCUT2D eigenvalue weighted by Crippen LogP contribution is -2.49. The molecule has 5 rings (SSSR count). The molecule has 1 aliphatic heterocycles. The number of piperazine rings is 1. The van der Waals surface area contributed by atoms with Gasteiger partial charge in [0.1, 0.15) is 23.1 Å². The van der Waals surface area contributed by atoms with Crippen LogP contribution in [-0.4, -0.2) is 73.6 Å². The van der Waals surface area contributed by atoms with E-state index in [1.54, 1.807) is 29.7 Å². The zero-order valence-electron chi connectivity index (χ0n) is 19.4. The van der Waals surface area contributed by atoms with Gasteiger partial charge in [-0.1, -0.05) is 12.1 Å². The highest BCUT2D eigenvalue weighted by molar-refractivity contribution is 5.94. The van der Waals surface area contributed by atoms with E-state index in [0.717, 1.165) is 28.6 Å². The van der Waals surface area contributed by atoms with Crippen molar-refractivity contribution < 1.29 is 9.53 Å². The lowest BCUT2D eigenvalue weighted by atomic mass is 10.1. The fraction of sp³-hybridized carbons (Fsp3) is 0.292. The summed E-state index contributed by atoms with van der Waals surface area (Å²) in [4.78, 5) is 26.4. The molecule has 0 atom stereocenters. The second kappa shape index (κ2) is 8.97. The van der Waals surface area contributed by atoms with Crippen LogP contribution in [0.1, 0.15) is 16.3 Å². The molecule has 0 aliphatic carbocycles. The Balaban J connectivity index is 1.29. The van der Waals surface area contributed by atoms with Crippen molar-refractivity contribution in [2.24, 2.45) is 7.05 Å². The Bertz CT molecular complexity index is 1310. The van der Waals surface area contributed by atoms with Gasteiger partial charge in [0, 0.05) is 57.3 Å². The maximum absolute atomic E-state index is 13.3. The van der Waals surface area contributed by atoms with Crippen molar-refractivity contribution in [3.63, 3.8) is 0 Å². The molecular formula is C24H26N8O2. The van der Waals surface area contributed by atoms with E-state index in [2.05, 4.69) is 25.1 Å². The zero-order chi connectivity index (χ0) is 23.7. The molecule has 1 saturated heterocycles. The molecule has 1 aromatic carbocycles. The molecule has 174 valence electrons. The van der Waals surface area contributed by atoms with Gasteiger partial charge in [-0.2, -0.15) is 10.2 Å². The molecule has 0 N–H and O–H groups in total. The van der Waals surface area contributed by atoms with Gasteiger partial charge in [0.05, 0.1) is 12.8 Å². The van der Waals surface area contributed by atoms with Crippen molar-refractivity contribution in [3.8, 4) is 22.8 Å². The molecule has 4 heterocycles. The van der Waals surface area contributed by atoms with E-state index in [4.69, 9.17) is 4.74 Å². The topological polar surface area (TPSA) is 94.2 Å². The third-order valence-corrected chi connectivity index (χ3v) is 5.91. The zero-order valence-corrected chi connectivity index (χ0v) is 19.4. The van der Waals surface area contributed by atoms with Gasteiger partial charge in [0.2, 0.25) is 0 Å². The highest BCUT2D eigenvalue weighted by Gasteiger charge is 2.26. The van der Waals surface area contributed by atoms with E-state index in [1.807, 2.05) is 60.5 Å². The summed E-state index contributed by atoms with van der Waals surface area (Å²) in [6.07, 6.45) is 3.58. The van der Waals surface area contributed by atoms with E-state index in [1.165, 1.54) is 0 Å². The smallest absolute Gasteiger partial charge is 0.272 e. The highest BCUT2D eigenvalue weighted by Crippen LogP contribution is 2.24. The molecule has 1 amide bonds. The molecule has 10 heteroatoms. The molecule has 3 aromatic heterocycles. The molecule has 1 aliphatic rings. The average Bonchev–Trinajstić information content (AvgIpc) is 3.54. The Morgan fingerprint density at radius 2 is 1.79 bits per heavy atom. The van der Waals surface area contributed by atoms with Crippen LogP contribution in [-0.2, 0) is 7.05 Å². The summed E-state index contributed by atoms with van der Waals surface area (Å²) in [6, 6.07) is 13.3. The number of benzene rings is 1. The van der Waals surface area contributed by atoms with Crippen molar-refractivity contribution in [2.75, 3.05) is 38.2 Å². The second-order valence-corrected chi connectivity index (χ2v) is 8.13. The number of ether oxygens (including phenoxy) is 1. The number of hydrogen-bond acceptors (Lipinski definition) is 7. The maximum Gasteiger partial charge on any atom is 0.272 e. The summed E-state index contributed by atoms with van der Waals surface area (Å²) in [5, 5.41) is 8.82. The first kappa shape index (κ1) is 21.6. The van der Waals surface area contributed by atoms with E-state index >= 15 is 0 Å². The monoisotopic (exact) mass is 458 g/mol. The fourth-order valence-electron chi connectivity index (χ4n) is 4.11. The molecule has 4 aromatic rings. The van der Waals surface area contributed by atoms with Gasteiger partial charge in [-0.05, 0) is 31.2 Å². The minimum atomic E-state index is -0.0279. The number of nitrogens with zero attached hydrogens (tertiary/aromatic N) is 8. The lowest BCUT2D eigenvalue weighted by Gasteiger charge is -2.35. The summed E-state index contributed by atoms with van der Waals surface area (Å²) in [5.41, 5.74) is 2.21. The minimum absolute atomic E-state index is 0.0279. The summed E-state index contributed by atoms with van der Waals surface area (Å²) in [6.45, 7) is 4.43. The molecule has 0 radical (unpaired) electrons. The van der Waals surface area contributed by atoms with Crippen LogP contribution in [0.5, 0.6) is 5.75 Å². The summed E-state index contributed by atoms with van der Waals surface area (Å²) in [5.74, 6) is 2.97. The molecule has 0 saturated carbocycles. The maximum atomic E-state index is 13.3. The summed E-state index contributed by atoms with van der Waals surface area (Å²) >= 11 is 0. The third kappa shape index (κ3) is 4.21. The van der Waals surface area contributed by atoms with Gasteiger partial charge in [-0.3, -0.25) is 9.48 Å². The Morgan fingerprint density at radius 3 is 2.53 bits per heavy atom. The van der Waals surface area contributed by atoms with Crippen molar-refractivity contribution in [1.82, 2.24) is 34.4 Å². The van der Waals surface area contributed by atoms with Crippen LogP contribution in [0.25, 0.3) is 17.1 Å². The van der Waals surface area contributed by atoms with Crippen LogP contribution in [0, 0.1) is 6.92 Å². The lowest BCUT2D eigenvalue weighted by molar-refractivity contribution is 0.0735. The normalized spacial score (nSPS) is 13.9. The summed E-state index contributed by atoms with van der Waals surface area (Å²) in [7, 11) is 3.43. The van der Waals surface area contributed by atoms with Crippen molar-refractivity contribution >= 4 is 11.7 Å². The molecule has 10 nitrogen and oxygen atoms in total. The van der Waals surface area contributed by atoms with Gasteiger partial charge in [-0.25, -0.2) is 14.6 Å². The van der Waals surface area contributed by atoms with Gasteiger partial charge < -0.3 is 14.5 Å². The van der Waals surface area contributed by atoms with Crippen LogP contribution in [0.15, 0.2) is 54.9 Å². The Morgan fingerprint density at radius 1 is 1.00 bits per heavy atom. The van der Waals surface area contributed by atoms with Crippen LogP contribution in [0.2, 0.25) is 0 Å². The van der Waals surface area contributed by atoms with E-state index in [9.17, 15) is 4.79 Å². The number of hydrogen-bond donors (Lipinski definition) is 0. The Labute approximate surface area is 197 Å². The predicted octanol–water partition coefficient (Wildman–Crippen LogP) is 2.34. The molecule has 34 heavy (non-hydrogen) atoms. The molecule has 0 bridgehead atoms. The SMILES string of the molecule is COc1cccc(-c2cc(C(=O)N3CCN(c4cc(-n5cccn5)nc(C)n4)CC3)n(C)n2)c1. The van der Waals surface area contributed by atoms with Gasteiger partial charge in [0.15, 0.2) is 5.82 Å².